The minimum atomic E-state index is -0.360. The molecule has 0 radical (unpaired) electrons. The van der Waals surface area contributed by atoms with Crippen LogP contribution in [0.5, 0.6) is 0 Å². The molecule has 0 atom stereocenters. The Labute approximate surface area is 122 Å². The summed E-state index contributed by atoms with van der Waals surface area (Å²) >= 11 is 0. The number of carbonyl (C=O) groups excluding carboxylic acids is 1. The maximum Gasteiger partial charge on any atom is 0.307 e. The number of carbonyl (C=O) groups is 1. The molecule has 1 amide bonds. The van der Waals surface area contributed by atoms with Crippen LogP contribution in [0.15, 0.2) is 70.2 Å². The monoisotopic (exact) mass is 278 g/mol. The first kappa shape index (κ1) is 13.1. The third-order valence-corrected chi connectivity index (χ3v) is 3.17. The molecule has 4 heteroatoms. The van der Waals surface area contributed by atoms with Gasteiger partial charge in [0.1, 0.15) is 5.58 Å². The average Bonchev–Trinajstić information content (AvgIpc) is 2.97. The molecule has 21 heavy (non-hydrogen) atoms. The van der Waals surface area contributed by atoms with Crippen LogP contribution in [0.1, 0.15) is 23.0 Å². The van der Waals surface area contributed by atoms with Gasteiger partial charge in [0.25, 0.3) is 0 Å². The van der Waals surface area contributed by atoms with Crippen molar-refractivity contribution >= 4 is 22.6 Å². The Kier molecular flexibility index (Phi) is 3.51. The Balaban J connectivity index is 1.77. The van der Waals surface area contributed by atoms with Crippen molar-refractivity contribution in [3.05, 3.63) is 72.0 Å². The van der Waals surface area contributed by atoms with Gasteiger partial charge in [0.2, 0.25) is 0 Å². The van der Waals surface area contributed by atoms with Gasteiger partial charge in [-0.15, -0.1) is 0 Å². The minimum Gasteiger partial charge on any atom is -0.451 e. The highest BCUT2D eigenvalue weighted by molar-refractivity contribution is 6.01. The molecule has 0 bridgehead atoms. The quantitative estimate of drug-likeness (QED) is 0.588. The van der Waals surface area contributed by atoms with Crippen molar-refractivity contribution in [2.75, 3.05) is 0 Å². The maximum absolute atomic E-state index is 12.0. The number of furan rings is 1. The molecule has 0 saturated carbocycles. The second-order valence-corrected chi connectivity index (χ2v) is 4.65. The zero-order chi connectivity index (χ0) is 14.7. The molecule has 104 valence electrons. The molecule has 1 heterocycles. The Morgan fingerprint density at radius 3 is 2.52 bits per heavy atom. The van der Waals surface area contributed by atoms with Crippen LogP contribution < -0.4 is 5.43 Å². The van der Waals surface area contributed by atoms with Gasteiger partial charge in [-0.2, -0.15) is 5.10 Å². The van der Waals surface area contributed by atoms with Crippen LogP contribution in [-0.4, -0.2) is 11.6 Å². The Bertz CT molecular complexity index is 771. The van der Waals surface area contributed by atoms with Crippen LogP contribution >= 0.6 is 0 Å². The average molecular weight is 278 g/mol. The van der Waals surface area contributed by atoms with E-state index in [4.69, 9.17) is 4.42 Å². The number of hydrogen-bond acceptors (Lipinski definition) is 3. The summed E-state index contributed by atoms with van der Waals surface area (Å²) in [5.74, 6) is -0.109. The molecule has 1 N–H and O–H groups in total. The van der Waals surface area contributed by atoms with Gasteiger partial charge < -0.3 is 4.42 Å². The van der Waals surface area contributed by atoms with Crippen molar-refractivity contribution in [2.24, 2.45) is 5.10 Å². The topological polar surface area (TPSA) is 54.6 Å². The Hall–Kier alpha value is -2.88. The minimum absolute atomic E-state index is 0.251. The van der Waals surface area contributed by atoms with E-state index in [2.05, 4.69) is 10.5 Å². The normalized spacial score (nSPS) is 11.6. The number of hydrazone groups is 1. The van der Waals surface area contributed by atoms with Crippen LogP contribution in [0.2, 0.25) is 0 Å². The molecule has 0 aliphatic heterocycles. The molecule has 4 nitrogen and oxygen atoms in total. The molecule has 3 rings (SSSR count). The number of fused-ring (bicyclic) bond motifs is 1. The smallest absolute Gasteiger partial charge is 0.307 e. The summed E-state index contributed by atoms with van der Waals surface area (Å²) in [6, 6.07) is 18.9. The molecule has 0 fully saturated rings. The Morgan fingerprint density at radius 1 is 1.05 bits per heavy atom. The lowest BCUT2D eigenvalue weighted by Gasteiger charge is -2.00. The maximum atomic E-state index is 12.0. The van der Waals surface area contributed by atoms with E-state index in [1.165, 1.54) is 0 Å². The summed E-state index contributed by atoms with van der Waals surface area (Å²) in [6.45, 7) is 1.84. The predicted molar refractivity (Wildman–Crippen MR) is 82.3 cm³/mol. The molecule has 1 aromatic heterocycles. The number of para-hydroxylation sites is 1. The first-order chi connectivity index (χ1) is 10.2. The van der Waals surface area contributed by atoms with E-state index in [9.17, 15) is 4.79 Å². The van der Waals surface area contributed by atoms with Gasteiger partial charge in [-0.25, -0.2) is 5.43 Å². The zero-order valence-electron chi connectivity index (χ0n) is 11.5. The zero-order valence-corrected chi connectivity index (χ0v) is 11.5. The van der Waals surface area contributed by atoms with E-state index in [0.717, 1.165) is 16.7 Å². The van der Waals surface area contributed by atoms with E-state index in [-0.39, 0.29) is 11.7 Å². The lowest BCUT2D eigenvalue weighted by atomic mass is 10.1. The van der Waals surface area contributed by atoms with Gasteiger partial charge in [0.05, 0.1) is 5.71 Å². The summed E-state index contributed by atoms with van der Waals surface area (Å²) in [5.41, 5.74) is 4.90. The lowest BCUT2D eigenvalue weighted by Crippen LogP contribution is -2.18. The fourth-order valence-corrected chi connectivity index (χ4v) is 2.03. The molecule has 0 spiro atoms. The predicted octanol–water partition coefficient (Wildman–Crippen LogP) is 3.59. The number of hydrogen-bond donors (Lipinski definition) is 1. The SMILES string of the molecule is C/C(=N/NC(=O)c1cc2ccccc2o1)c1ccccc1. The summed E-state index contributed by atoms with van der Waals surface area (Å²) in [4.78, 5) is 12.0. The van der Waals surface area contributed by atoms with Gasteiger partial charge in [-0.1, -0.05) is 48.5 Å². The summed E-state index contributed by atoms with van der Waals surface area (Å²) in [7, 11) is 0. The number of rotatable bonds is 3. The fourth-order valence-electron chi connectivity index (χ4n) is 2.03. The van der Waals surface area contributed by atoms with Gasteiger partial charge in [-0.05, 0) is 24.6 Å². The second-order valence-electron chi connectivity index (χ2n) is 4.65. The molecule has 0 saturated heterocycles. The number of benzene rings is 2. The Morgan fingerprint density at radius 2 is 1.76 bits per heavy atom. The van der Waals surface area contributed by atoms with Crippen molar-refractivity contribution in [3.63, 3.8) is 0 Å². The third-order valence-electron chi connectivity index (χ3n) is 3.17. The van der Waals surface area contributed by atoms with Gasteiger partial charge in [0.15, 0.2) is 5.76 Å². The molecule has 0 aliphatic carbocycles. The fraction of sp³-hybridized carbons (Fsp3) is 0.0588. The first-order valence-electron chi connectivity index (χ1n) is 6.62. The van der Waals surface area contributed by atoms with Crippen LogP contribution in [0, 0.1) is 0 Å². The standard InChI is InChI=1S/C17H14N2O2/c1-12(13-7-3-2-4-8-13)18-19-17(20)16-11-14-9-5-6-10-15(14)21-16/h2-11H,1H3,(H,19,20)/b18-12-. The van der Waals surface area contributed by atoms with Gasteiger partial charge >= 0.3 is 5.91 Å². The van der Waals surface area contributed by atoms with Gasteiger partial charge in [-0.3, -0.25) is 4.79 Å². The van der Waals surface area contributed by atoms with E-state index < -0.39 is 0 Å². The summed E-state index contributed by atoms with van der Waals surface area (Å²) < 4.78 is 5.49. The number of nitrogens with zero attached hydrogens (tertiary/aromatic N) is 1. The number of amides is 1. The highest BCUT2D eigenvalue weighted by Gasteiger charge is 2.11. The first-order valence-corrected chi connectivity index (χ1v) is 6.62. The molecule has 3 aromatic rings. The third kappa shape index (κ3) is 2.84. The van der Waals surface area contributed by atoms with Crippen LogP contribution in [-0.2, 0) is 0 Å². The second kappa shape index (κ2) is 5.63. The largest absolute Gasteiger partial charge is 0.451 e. The van der Waals surface area contributed by atoms with Crippen LogP contribution in [0.3, 0.4) is 0 Å². The van der Waals surface area contributed by atoms with Crippen molar-refractivity contribution < 1.29 is 9.21 Å². The summed E-state index contributed by atoms with van der Waals surface area (Å²) in [5, 5.41) is 4.99. The molecule has 0 unspecified atom stereocenters. The van der Waals surface area contributed by atoms with E-state index in [1.54, 1.807) is 6.07 Å². The molecular formula is C17H14N2O2. The molecule has 2 aromatic carbocycles. The number of nitrogens with one attached hydrogen (secondary N) is 1. The van der Waals surface area contributed by atoms with Crippen LogP contribution in [0.25, 0.3) is 11.0 Å². The summed E-state index contributed by atoms with van der Waals surface area (Å²) in [6.07, 6.45) is 0. The molecular weight excluding hydrogens is 264 g/mol. The van der Waals surface area contributed by atoms with Crippen LogP contribution in [0.4, 0.5) is 0 Å². The molecule has 0 aliphatic rings. The van der Waals surface area contributed by atoms with Crippen molar-refractivity contribution in [1.82, 2.24) is 5.43 Å². The van der Waals surface area contributed by atoms with Gasteiger partial charge in [0, 0.05) is 5.39 Å². The van der Waals surface area contributed by atoms with Crippen molar-refractivity contribution in [2.45, 2.75) is 6.92 Å². The van der Waals surface area contributed by atoms with Crippen molar-refractivity contribution in [1.29, 1.82) is 0 Å². The van der Waals surface area contributed by atoms with Crippen molar-refractivity contribution in [3.8, 4) is 0 Å². The van der Waals surface area contributed by atoms with E-state index in [0.29, 0.717) is 5.58 Å². The highest BCUT2D eigenvalue weighted by Crippen LogP contribution is 2.18. The van der Waals surface area contributed by atoms with E-state index in [1.807, 2.05) is 61.5 Å². The lowest BCUT2D eigenvalue weighted by molar-refractivity contribution is 0.0929. The van der Waals surface area contributed by atoms with E-state index >= 15 is 0 Å². The highest BCUT2D eigenvalue weighted by atomic mass is 16.3.